The van der Waals surface area contributed by atoms with Crippen LogP contribution in [0.1, 0.15) is 24.4 Å². The number of phenols is 1. The van der Waals surface area contributed by atoms with E-state index in [0.717, 1.165) is 12.8 Å². The monoisotopic (exact) mass is 299 g/mol. The molecule has 0 heterocycles. The zero-order valence-electron chi connectivity index (χ0n) is 9.28. The van der Waals surface area contributed by atoms with Gasteiger partial charge in [-0.3, -0.25) is 0 Å². The summed E-state index contributed by atoms with van der Waals surface area (Å²) in [5.74, 6) is 0.253. The summed E-state index contributed by atoms with van der Waals surface area (Å²) in [5, 5.41) is 9.61. The maximum atomic E-state index is 12.2. The third kappa shape index (κ3) is 3.96. The van der Waals surface area contributed by atoms with Gasteiger partial charge in [0.25, 0.3) is 0 Å². The molecule has 102 valence electrons. The van der Waals surface area contributed by atoms with E-state index in [4.69, 9.17) is 5.73 Å². The highest BCUT2D eigenvalue weighted by molar-refractivity contribution is 8.00. The van der Waals surface area contributed by atoms with Gasteiger partial charge in [0.15, 0.2) is 0 Å². The number of benzene rings is 1. The van der Waals surface area contributed by atoms with Gasteiger partial charge in [0.2, 0.25) is 0 Å². The van der Waals surface area contributed by atoms with Crippen LogP contribution in [-0.2, 0) is 0 Å². The van der Waals surface area contributed by atoms with Crippen LogP contribution in [0.4, 0.5) is 13.2 Å². The molecule has 1 saturated carbocycles. The number of hydrogen-bond acceptors (Lipinski definition) is 3. The normalized spacial score (nSPS) is 17.1. The highest BCUT2D eigenvalue weighted by Crippen LogP contribution is 2.44. The van der Waals surface area contributed by atoms with Crippen LogP contribution in [0.3, 0.4) is 0 Å². The fraction of sp³-hybridized carbons (Fsp3) is 0.455. The van der Waals surface area contributed by atoms with Gasteiger partial charge < -0.3 is 10.8 Å². The van der Waals surface area contributed by atoms with Gasteiger partial charge in [-0.25, -0.2) is 0 Å². The van der Waals surface area contributed by atoms with Gasteiger partial charge in [-0.05, 0) is 48.7 Å². The summed E-state index contributed by atoms with van der Waals surface area (Å²) in [6, 6.07) is 3.47. The molecule has 0 spiro atoms. The van der Waals surface area contributed by atoms with Crippen LogP contribution >= 0.6 is 24.2 Å². The van der Waals surface area contributed by atoms with Crippen LogP contribution in [0, 0.1) is 5.92 Å². The summed E-state index contributed by atoms with van der Waals surface area (Å²) >= 11 is -0.194. The van der Waals surface area contributed by atoms with E-state index in [1.54, 1.807) is 0 Å². The van der Waals surface area contributed by atoms with Crippen molar-refractivity contribution in [2.45, 2.75) is 29.3 Å². The molecule has 1 fully saturated rings. The number of phenolic OH excluding ortho intramolecular Hbond substituents is 1. The van der Waals surface area contributed by atoms with E-state index in [2.05, 4.69) is 0 Å². The Balaban J connectivity index is 0.00000162. The van der Waals surface area contributed by atoms with Crippen molar-refractivity contribution >= 4 is 24.2 Å². The molecular weight excluding hydrogens is 287 g/mol. The number of rotatable bonds is 3. The lowest BCUT2D eigenvalue weighted by Crippen LogP contribution is -2.12. The summed E-state index contributed by atoms with van der Waals surface area (Å²) in [6.07, 6.45) is 1.94. The predicted molar refractivity (Wildman–Crippen MR) is 66.9 cm³/mol. The molecule has 1 aliphatic carbocycles. The minimum absolute atomic E-state index is 0. The van der Waals surface area contributed by atoms with E-state index in [9.17, 15) is 18.3 Å². The van der Waals surface area contributed by atoms with Crippen LogP contribution in [0.15, 0.2) is 23.1 Å². The van der Waals surface area contributed by atoms with Gasteiger partial charge in [-0.2, -0.15) is 13.2 Å². The SMILES string of the molecule is Cl.N[C@H](c1cc(SC(F)(F)F)ccc1O)C1CC1. The second kappa shape index (κ2) is 5.59. The van der Waals surface area contributed by atoms with E-state index >= 15 is 0 Å². The quantitative estimate of drug-likeness (QED) is 0.834. The minimum Gasteiger partial charge on any atom is -0.508 e. The Labute approximate surface area is 113 Å². The van der Waals surface area contributed by atoms with Gasteiger partial charge in [0.05, 0.1) is 0 Å². The summed E-state index contributed by atoms with van der Waals surface area (Å²) < 4.78 is 36.6. The molecule has 0 amide bonds. The molecule has 7 heteroatoms. The van der Waals surface area contributed by atoms with Gasteiger partial charge in [-0.15, -0.1) is 12.4 Å². The molecule has 0 radical (unpaired) electrons. The first-order valence-corrected chi connectivity index (χ1v) is 6.03. The number of aromatic hydroxyl groups is 1. The topological polar surface area (TPSA) is 46.2 Å². The lowest BCUT2D eigenvalue weighted by molar-refractivity contribution is -0.0328. The Morgan fingerprint density at radius 1 is 1.33 bits per heavy atom. The molecule has 2 rings (SSSR count). The molecule has 3 N–H and O–H groups in total. The summed E-state index contributed by atoms with van der Waals surface area (Å²) in [6.45, 7) is 0. The molecule has 0 bridgehead atoms. The molecule has 0 aliphatic heterocycles. The zero-order chi connectivity index (χ0) is 12.6. The van der Waals surface area contributed by atoms with Crippen molar-refractivity contribution in [2.75, 3.05) is 0 Å². The van der Waals surface area contributed by atoms with Gasteiger partial charge in [0.1, 0.15) is 5.75 Å². The molecule has 0 unspecified atom stereocenters. The van der Waals surface area contributed by atoms with Crippen molar-refractivity contribution in [3.63, 3.8) is 0 Å². The highest BCUT2D eigenvalue weighted by atomic mass is 35.5. The van der Waals surface area contributed by atoms with Crippen molar-refractivity contribution in [2.24, 2.45) is 11.7 Å². The van der Waals surface area contributed by atoms with E-state index in [1.165, 1.54) is 18.2 Å². The second-order valence-corrected chi connectivity index (χ2v) is 5.27. The highest BCUT2D eigenvalue weighted by Gasteiger charge is 2.33. The Kier molecular flexibility index (Phi) is 4.80. The predicted octanol–water partition coefficient (Wildman–Crippen LogP) is 3.84. The van der Waals surface area contributed by atoms with E-state index < -0.39 is 5.51 Å². The first kappa shape index (κ1) is 15.5. The van der Waals surface area contributed by atoms with Gasteiger partial charge in [-0.1, -0.05) is 0 Å². The average molecular weight is 300 g/mol. The fourth-order valence-electron chi connectivity index (χ4n) is 1.71. The zero-order valence-corrected chi connectivity index (χ0v) is 10.9. The Hall–Kier alpha value is -0.590. The molecule has 1 aliphatic rings. The number of halogens is 4. The molecular formula is C11H13ClF3NOS. The van der Waals surface area contributed by atoms with Crippen molar-refractivity contribution in [1.29, 1.82) is 0 Å². The lowest BCUT2D eigenvalue weighted by Gasteiger charge is -2.14. The van der Waals surface area contributed by atoms with Crippen LogP contribution in [0.25, 0.3) is 0 Å². The first-order chi connectivity index (χ1) is 7.87. The number of nitrogens with two attached hydrogens (primary N) is 1. The van der Waals surface area contributed by atoms with E-state index in [1.807, 2.05) is 0 Å². The van der Waals surface area contributed by atoms with Crippen LogP contribution < -0.4 is 5.73 Å². The standard InChI is InChI=1S/C11H12F3NOS.ClH/c12-11(13,14)17-7-3-4-9(16)8(5-7)10(15)6-1-2-6;/h3-6,10,16H,1-2,15H2;1H/t10-;/m0./s1. The van der Waals surface area contributed by atoms with Crippen molar-refractivity contribution in [3.05, 3.63) is 23.8 Å². The Morgan fingerprint density at radius 2 is 1.94 bits per heavy atom. The third-order valence-electron chi connectivity index (χ3n) is 2.72. The minimum atomic E-state index is -4.32. The Bertz CT molecular complexity index is 423. The van der Waals surface area contributed by atoms with Crippen molar-refractivity contribution < 1.29 is 18.3 Å². The molecule has 18 heavy (non-hydrogen) atoms. The van der Waals surface area contributed by atoms with Gasteiger partial charge in [0, 0.05) is 16.5 Å². The number of hydrogen-bond donors (Lipinski definition) is 2. The first-order valence-electron chi connectivity index (χ1n) is 5.21. The molecule has 1 aromatic rings. The smallest absolute Gasteiger partial charge is 0.446 e. The van der Waals surface area contributed by atoms with E-state index in [-0.39, 0.29) is 46.8 Å². The van der Waals surface area contributed by atoms with E-state index in [0.29, 0.717) is 5.56 Å². The van der Waals surface area contributed by atoms with Gasteiger partial charge >= 0.3 is 5.51 Å². The molecule has 2 nitrogen and oxygen atoms in total. The summed E-state index contributed by atoms with van der Waals surface area (Å²) in [5.41, 5.74) is 1.97. The summed E-state index contributed by atoms with van der Waals surface area (Å²) in [4.78, 5) is 0.0569. The van der Waals surface area contributed by atoms with Crippen LogP contribution in [-0.4, -0.2) is 10.6 Å². The number of thioether (sulfide) groups is 1. The molecule has 1 aromatic carbocycles. The lowest BCUT2D eigenvalue weighted by atomic mass is 10.0. The average Bonchev–Trinajstić information content (AvgIpc) is 3.01. The largest absolute Gasteiger partial charge is 0.508 e. The maximum Gasteiger partial charge on any atom is 0.446 e. The fourth-order valence-corrected chi connectivity index (χ4v) is 2.30. The third-order valence-corrected chi connectivity index (χ3v) is 3.44. The molecule has 1 atom stereocenters. The Morgan fingerprint density at radius 3 is 2.44 bits per heavy atom. The van der Waals surface area contributed by atoms with Crippen LogP contribution in [0.5, 0.6) is 5.75 Å². The van der Waals surface area contributed by atoms with Crippen LogP contribution in [0.2, 0.25) is 0 Å². The maximum absolute atomic E-state index is 12.2. The molecule has 0 saturated heterocycles. The second-order valence-electron chi connectivity index (χ2n) is 4.13. The van der Waals surface area contributed by atoms with Crippen molar-refractivity contribution in [3.8, 4) is 5.75 Å². The summed E-state index contributed by atoms with van der Waals surface area (Å²) in [7, 11) is 0. The van der Waals surface area contributed by atoms with Crippen molar-refractivity contribution in [1.82, 2.24) is 0 Å². The number of alkyl halides is 3. The molecule has 0 aromatic heterocycles.